The highest BCUT2D eigenvalue weighted by Gasteiger charge is 2.18. The quantitative estimate of drug-likeness (QED) is 0.441. The van der Waals surface area contributed by atoms with Crippen LogP contribution < -0.4 is 19.7 Å². The second-order valence-electron chi connectivity index (χ2n) is 7.48. The molecule has 1 aliphatic heterocycles. The Hall–Kier alpha value is -3.48. The van der Waals surface area contributed by atoms with Gasteiger partial charge in [0, 0.05) is 38.1 Å². The summed E-state index contributed by atoms with van der Waals surface area (Å²) in [6, 6.07) is 12.6. The number of piperazine rings is 1. The predicted molar refractivity (Wildman–Crippen MR) is 123 cm³/mol. The van der Waals surface area contributed by atoms with Gasteiger partial charge in [0.05, 0.1) is 11.4 Å². The molecule has 10 nitrogen and oxygen atoms in total. The van der Waals surface area contributed by atoms with Gasteiger partial charge < -0.3 is 24.6 Å². The van der Waals surface area contributed by atoms with Crippen molar-refractivity contribution in [3.05, 3.63) is 60.5 Å². The van der Waals surface area contributed by atoms with Crippen LogP contribution in [0.15, 0.2) is 54.7 Å². The van der Waals surface area contributed by atoms with Crippen LogP contribution in [0.5, 0.6) is 5.75 Å². The first-order valence-corrected chi connectivity index (χ1v) is 11.5. The van der Waals surface area contributed by atoms with E-state index >= 15 is 0 Å². The van der Waals surface area contributed by atoms with Gasteiger partial charge in [0.1, 0.15) is 11.6 Å². The normalized spacial score (nSPS) is 14.7. The Morgan fingerprint density at radius 2 is 1.82 bits per heavy atom. The van der Waals surface area contributed by atoms with Gasteiger partial charge in [-0.1, -0.05) is 12.1 Å². The highest BCUT2D eigenvalue weighted by atomic mass is 32.3. The molecule has 12 heteroatoms. The monoisotopic (exact) mass is 474 g/mol. The summed E-state index contributed by atoms with van der Waals surface area (Å²) in [7, 11) is -2.64. The molecule has 0 amide bonds. The molecule has 2 aromatic carbocycles. The summed E-state index contributed by atoms with van der Waals surface area (Å²) >= 11 is 0. The SMILES string of the molecule is CN1CCN(c2ccc(Nc3nccc(Nc4ccccc4OS(=O)(=O)O)n3)cc2F)CC1. The van der Waals surface area contributed by atoms with Crippen molar-refractivity contribution in [2.75, 3.05) is 48.8 Å². The fraction of sp³-hybridized carbons (Fsp3) is 0.238. The molecule has 0 radical (unpaired) electrons. The zero-order valence-corrected chi connectivity index (χ0v) is 18.6. The molecule has 3 N–H and O–H groups in total. The molecule has 33 heavy (non-hydrogen) atoms. The summed E-state index contributed by atoms with van der Waals surface area (Å²) in [5.74, 6) is 0.0955. The molecule has 0 atom stereocenters. The number of likely N-dealkylation sites (N-methyl/N-ethyl adjacent to an activating group) is 1. The molecular formula is C21H23FN6O4S. The van der Waals surface area contributed by atoms with Gasteiger partial charge >= 0.3 is 10.4 Å². The standard InChI is InChI=1S/C21H23FN6O4S/c1-27-10-12-28(13-11-27)18-7-6-15(14-16(18)22)24-21-23-9-8-20(26-21)25-17-4-2-3-5-19(17)32-33(29,30)31/h2-9,14H,10-13H2,1H3,(H,29,30,31)(H2,23,24,25,26). The van der Waals surface area contributed by atoms with Crippen molar-refractivity contribution in [2.24, 2.45) is 0 Å². The van der Waals surface area contributed by atoms with E-state index in [4.69, 9.17) is 4.55 Å². The maximum absolute atomic E-state index is 14.7. The van der Waals surface area contributed by atoms with E-state index in [0.29, 0.717) is 17.2 Å². The third-order valence-corrected chi connectivity index (χ3v) is 5.44. The van der Waals surface area contributed by atoms with Gasteiger partial charge in [-0.2, -0.15) is 13.4 Å². The van der Waals surface area contributed by atoms with Gasteiger partial charge in [-0.05, 0) is 43.4 Å². The van der Waals surface area contributed by atoms with Gasteiger partial charge in [0.25, 0.3) is 0 Å². The molecule has 3 aromatic rings. The first kappa shape index (κ1) is 22.7. The van der Waals surface area contributed by atoms with Crippen molar-refractivity contribution in [1.82, 2.24) is 14.9 Å². The maximum Gasteiger partial charge on any atom is 0.446 e. The molecule has 0 unspecified atom stereocenters. The molecule has 1 aromatic heterocycles. The summed E-state index contributed by atoms with van der Waals surface area (Å²) in [5.41, 5.74) is 1.31. The Balaban J connectivity index is 1.48. The van der Waals surface area contributed by atoms with E-state index in [9.17, 15) is 12.8 Å². The first-order valence-electron chi connectivity index (χ1n) is 10.1. The minimum Gasteiger partial charge on any atom is -0.367 e. The zero-order valence-electron chi connectivity index (χ0n) is 17.8. The molecule has 0 spiro atoms. The smallest absolute Gasteiger partial charge is 0.367 e. The molecular weight excluding hydrogens is 451 g/mol. The van der Waals surface area contributed by atoms with Crippen molar-refractivity contribution in [1.29, 1.82) is 0 Å². The number of halogens is 1. The van der Waals surface area contributed by atoms with Crippen LogP contribution in [0.2, 0.25) is 0 Å². The molecule has 2 heterocycles. The Bertz CT molecular complexity index is 1230. The van der Waals surface area contributed by atoms with Crippen LogP contribution in [0.1, 0.15) is 0 Å². The van der Waals surface area contributed by atoms with Crippen molar-refractivity contribution in [3.63, 3.8) is 0 Å². The number of hydrogen-bond acceptors (Lipinski definition) is 9. The molecule has 0 bridgehead atoms. The number of nitrogens with zero attached hydrogens (tertiary/aromatic N) is 4. The Labute approximate surface area is 191 Å². The van der Waals surface area contributed by atoms with E-state index in [1.165, 1.54) is 18.3 Å². The third kappa shape index (κ3) is 6.06. The molecule has 1 saturated heterocycles. The van der Waals surface area contributed by atoms with Gasteiger partial charge in [-0.25, -0.2) is 9.37 Å². The zero-order chi connectivity index (χ0) is 23.4. The van der Waals surface area contributed by atoms with E-state index in [1.807, 2.05) is 11.9 Å². The third-order valence-electron chi connectivity index (χ3n) is 5.05. The van der Waals surface area contributed by atoms with Gasteiger partial charge in [0.15, 0.2) is 5.75 Å². The lowest BCUT2D eigenvalue weighted by atomic mass is 10.2. The van der Waals surface area contributed by atoms with Crippen LogP contribution in [0.3, 0.4) is 0 Å². The van der Waals surface area contributed by atoms with Crippen molar-refractivity contribution < 1.29 is 21.5 Å². The Morgan fingerprint density at radius 1 is 1.06 bits per heavy atom. The lowest BCUT2D eigenvalue weighted by molar-refractivity contribution is 0.311. The van der Waals surface area contributed by atoms with Crippen LogP contribution in [0.4, 0.5) is 33.2 Å². The molecule has 0 aliphatic carbocycles. The number of para-hydroxylation sites is 2. The number of benzene rings is 2. The Morgan fingerprint density at radius 3 is 2.55 bits per heavy atom. The number of rotatable bonds is 7. The summed E-state index contributed by atoms with van der Waals surface area (Å²) in [5, 5.41) is 5.88. The minimum absolute atomic E-state index is 0.102. The molecule has 4 rings (SSSR count). The van der Waals surface area contributed by atoms with Crippen molar-refractivity contribution in [3.8, 4) is 5.75 Å². The summed E-state index contributed by atoms with van der Waals surface area (Å²) in [4.78, 5) is 12.7. The average molecular weight is 475 g/mol. The molecule has 1 aliphatic rings. The van der Waals surface area contributed by atoms with E-state index in [1.54, 1.807) is 36.4 Å². The van der Waals surface area contributed by atoms with Crippen LogP contribution in [0, 0.1) is 5.82 Å². The second-order valence-corrected chi connectivity index (χ2v) is 8.50. The molecule has 174 valence electrons. The minimum atomic E-state index is -4.69. The predicted octanol–water partition coefficient (Wildman–Crippen LogP) is 3.04. The topological polar surface area (TPSA) is 120 Å². The summed E-state index contributed by atoms with van der Waals surface area (Å²) in [6.07, 6.45) is 1.49. The number of aromatic nitrogens is 2. The number of hydrogen-bond donors (Lipinski definition) is 3. The van der Waals surface area contributed by atoms with Crippen LogP contribution in [0.25, 0.3) is 0 Å². The molecule has 0 saturated carbocycles. The van der Waals surface area contributed by atoms with Crippen LogP contribution >= 0.6 is 0 Å². The molecule has 1 fully saturated rings. The van der Waals surface area contributed by atoms with Crippen LogP contribution in [-0.4, -0.2) is 61.1 Å². The maximum atomic E-state index is 14.7. The van der Waals surface area contributed by atoms with Crippen LogP contribution in [-0.2, 0) is 10.4 Å². The first-order chi connectivity index (χ1) is 15.8. The van der Waals surface area contributed by atoms with Gasteiger partial charge in [-0.3, -0.25) is 4.55 Å². The summed E-state index contributed by atoms with van der Waals surface area (Å²) in [6.45, 7) is 3.29. The van der Waals surface area contributed by atoms with Gasteiger partial charge in [0.2, 0.25) is 5.95 Å². The highest BCUT2D eigenvalue weighted by Crippen LogP contribution is 2.29. The average Bonchev–Trinajstić information content (AvgIpc) is 2.75. The lowest BCUT2D eigenvalue weighted by Crippen LogP contribution is -2.44. The largest absolute Gasteiger partial charge is 0.446 e. The van der Waals surface area contributed by atoms with E-state index < -0.39 is 10.4 Å². The van der Waals surface area contributed by atoms with Gasteiger partial charge in [-0.15, -0.1) is 0 Å². The van der Waals surface area contributed by atoms with E-state index in [0.717, 1.165) is 26.2 Å². The lowest BCUT2D eigenvalue weighted by Gasteiger charge is -2.34. The Kier molecular flexibility index (Phi) is 6.58. The second kappa shape index (κ2) is 9.57. The van der Waals surface area contributed by atoms with E-state index in [2.05, 4.69) is 29.7 Å². The fourth-order valence-electron chi connectivity index (χ4n) is 3.40. The number of anilines is 5. The van der Waals surface area contributed by atoms with Crippen molar-refractivity contribution in [2.45, 2.75) is 0 Å². The number of nitrogens with one attached hydrogen (secondary N) is 2. The van der Waals surface area contributed by atoms with Crippen molar-refractivity contribution >= 4 is 39.2 Å². The van der Waals surface area contributed by atoms with E-state index in [-0.39, 0.29) is 23.2 Å². The highest BCUT2D eigenvalue weighted by molar-refractivity contribution is 7.81. The fourth-order valence-corrected chi connectivity index (χ4v) is 3.77. The summed E-state index contributed by atoms with van der Waals surface area (Å²) < 4.78 is 50.4.